The van der Waals surface area contributed by atoms with Crippen molar-refractivity contribution in [1.82, 2.24) is 14.8 Å². The van der Waals surface area contributed by atoms with Crippen LogP contribution in [0.5, 0.6) is 0 Å². The van der Waals surface area contributed by atoms with Gasteiger partial charge in [0.1, 0.15) is 17.7 Å². The Morgan fingerprint density at radius 2 is 1.74 bits per heavy atom. The smallest absolute Gasteiger partial charge is 0.149 e. The number of hydrogen-bond acceptors (Lipinski definition) is 7. The minimum atomic E-state index is 0.806. The molecule has 2 saturated heterocycles. The number of hydrogen-bond donors (Lipinski definition) is 1. The average Bonchev–Trinajstić information content (AvgIpc) is 2.92. The van der Waals surface area contributed by atoms with E-state index >= 15 is 0 Å². The number of ether oxygens (including phenoxy) is 1. The van der Waals surface area contributed by atoms with E-state index in [0.717, 1.165) is 102 Å². The summed E-state index contributed by atoms with van der Waals surface area (Å²) in [5.41, 5.74) is 4.56. The molecule has 0 unspecified atom stereocenters. The summed E-state index contributed by atoms with van der Waals surface area (Å²) in [4.78, 5) is 12.4. The number of nitrogens with one attached hydrogen (secondary N) is 1. The van der Waals surface area contributed by atoms with Gasteiger partial charge in [-0.3, -0.25) is 9.80 Å². The molecule has 0 aliphatic carbocycles. The van der Waals surface area contributed by atoms with Gasteiger partial charge in [0.25, 0.3) is 0 Å². The number of pyridine rings is 1. The van der Waals surface area contributed by atoms with Gasteiger partial charge in [0.15, 0.2) is 0 Å². The number of fused-ring (bicyclic) bond motifs is 1. The zero-order valence-corrected chi connectivity index (χ0v) is 20.8. The van der Waals surface area contributed by atoms with Crippen molar-refractivity contribution >= 4 is 11.6 Å². The fraction of sp³-hybridized carbons (Fsp3) is 0.571. The van der Waals surface area contributed by atoms with Crippen LogP contribution in [0.15, 0.2) is 30.3 Å². The third-order valence-corrected chi connectivity index (χ3v) is 7.52. The molecule has 2 aromatic rings. The van der Waals surface area contributed by atoms with Crippen molar-refractivity contribution in [3.05, 3.63) is 52.6 Å². The van der Waals surface area contributed by atoms with E-state index in [9.17, 15) is 5.26 Å². The summed E-state index contributed by atoms with van der Waals surface area (Å²) in [6.45, 7) is 10.4. The molecule has 0 atom stereocenters. The van der Waals surface area contributed by atoms with Gasteiger partial charge >= 0.3 is 0 Å². The average molecular weight is 475 g/mol. The lowest BCUT2D eigenvalue weighted by atomic mass is 9.94. The molecule has 0 amide bonds. The molecule has 0 radical (unpaired) electrons. The highest BCUT2D eigenvalue weighted by Gasteiger charge is 2.28. The van der Waals surface area contributed by atoms with Crippen LogP contribution in [-0.4, -0.2) is 73.8 Å². The van der Waals surface area contributed by atoms with Gasteiger partial charge in [-0.05, 0) is 49.8 Å². The van der Waals surface area contributed by atoms with Crippen LogP contribution in [0.2, 0.25) is 0 Å². The molecular weight excluding hydrogens is 436 g/mol. The SMILES string of the molecule is N#Cc1c(N2CCCCC2)nc(NCCCN2CCOCC2)c2c1CCN(Cc1ccccc1)C2. The lowest BCUT2D eigenvalue weighted by Crippen LogP contribution is -2.37. The van der Waals surface area contributed by atoms with Crippen LogP contribution < -0.4 is 10.2 Å². The Bertz CT molecular complexity index is 1010. The summed E-state index contributed by atoms with van der Waals surface area (Å²) in [5, 5.41) is 13.9. The van der Waals surface area contributed by atoms with Crippen LogP contribution in [0.25, 0.3) is 0 Å². The number of nitriles is 1. The molecular formula is C28H38N6O. The molecule has 1 aromatic heterocycles. The monoisotopic (exact) mass is 474 g/mol. The number of benzene rings is 1. The molecule has 0 spiro atoms. The van der Waals surface area contributed by atoms with Gasteiger partial charge in [0, 0.05) is 57.9 Å². The Hall–Kier alpha value is -2.66. The quantitative estimate of drug-likeness (QED) is 0.586. The summed E-state index contributed by atoms with van der Waals surface area (Å²) in [7, 11) is 0. The molecule has 35 heavy (non-hydrogen) atoms. The fourth-order valence-corrected chi connectivity index (χ4v) is 5.59. The first-order valence-electron chi connectivity index (χ1n) is 13.3. The first kappa shape index (κ1) is 24.1. The highest BCUT2D eigenvalue weighted by atomic mass is 16.5. The van der Waals surface area contributed by atoms with Gasteiger partial charge in [-0.25, -0.2) is 4.98 Å². The maximum Gasteiger partial charge on any atom is 0.149 e. The second-order valence-corrected chi connectivity index (χ2v) is 9.96. The van der Waals surface area contributed by atoms with E-state index in [4.69, 9.17) is 9.72 Å². The van der Waals surface area contributed by atoms with Crippen LogP contribution in [-0.2, 0) is 24.2 Å². The Labute approximate surface area is 209 Å². The summed E-state index contributed by atoms with van der Waals surface area (Å²) >= 11 is 0. The minimum Gasteiger partial charge on any atom is -0.379 e. The third-order valence-electron chi connectivity index (χ3n) is 7.52. The number of morpholine rings is 1. The van der Waals surface area contributed by atoms with Crippen molar-refractivity contribution in [2.24, 2.45) is 0 Å². The van der Waals surface area contributed by atoms with Crippen molar-refractivity contribution < 1.29 is 4.74 Å². The molecule has 3 aliphatic heterocycles. The molecule has 2 fully saturated rings. The molecule has 186 valence electrons. The minimum absolute atomic E-state index is 0.806. The Morgan fingerprint density at radius 3 is 2.51 bits per heavy atom. The number of nitrogens with zero attached hydrogens (tertiary/aromatic N) is 5. The summed E-state index contributed by atoms with van der Waals surface area (Å²) in [6.07, 6.45) is 5.60. The van der Waals surface area contributed by atoms with E-state index in [1.807, 2.05) is 0 Å². The highest BCUT2D eigenvalue weighted by Crippen LogP contribution is 2.34. The lowest BCUT2D eigenvalue weighted by molar-refractivity contribution is 0.0378. The zero-order chi connectivity index (χ0) is 23.9. The Kier molecular flexibility index (Phi) is 8.14. The van der Waals surface area contributed by atoms with Crippen LogP contribution in [0.1, 0.15) is 47.9 Å². The molecule has 5 rings (SSSR count). The lowest BCUT2D eigenvalue weighted by Gasteiger charge is -2.34. The Morgan fingerprint density at radius 1 is 0.943 bits per heavy atom. The van der Waals surface area contributed by atoms with Crippen LogP contribution in [0.4, 0.5) is 11.6 Å². The first-order chi connectivity index (χ1) is 17.3. The fourth-order valence-electron chi connectivity index (χ4n) is 5.59. The van der Waals surface area contributed by atoms with Gasteiger partial charge in [0.2, 0.25) is 0 Å². The van der Waals surface area contributed by atoms with E-state index in [0.29, 0.717) is 0 Å². The van der Waals surface area contributed by atoms with Crippen LogP contribution in [0, 0.1) is 11.3 Å². The van der Waals surface area contributed by atoms with Crippen molar-refractivity contribution in [2.45, 2.75) is 45.2 Å². The zero-order valence-electron chi connectivity index (χ0n) is 20.8. The Balaban J connectivity index is 1.36. The maximum absolute atomic E-state index is 10.2. The first-order valence-corrected chi connectivity index (χ1v) is 13.3. The van der Waals surface area contributed by atoms with E-state index in [1.165, 1.54) is 36.0 Å². The molecule has 1 N–H and O–H groups in total. The van der Waals surface area contributed by atoms with Gasteiger partial charge in [-0.15, -0.1) is 0 Å². The van der Waals surface area contributed by atoms with E-state index in [1.54, 1.807) is 0 Å². The second-order valence-electron chi connectivity index (χ2n) is 9.96. The van der Waals surface area contributed by atoms with Crippen LogP contribution >= 0.6 is 0 Å². The van der Waals surface area contributed by atoms with E-state index in [2.05, 4.69) is 56.4 Å². The van der Waals surface area contributed by atoms with Crippen molar-refractivity contribution in [3.8, 4) is 6.07 Å². The number of piperidine rings is 1. The van der Waals surface area contributed by atoms with Crippen molar-refractivity contribution in [2.75, 3.05) is 69.2 Å². The molecule has 4 heterocycles. The number of rotatable bonds is 8. The summed E-state index contributed by atoms with van der Waals surface area (Å²) in [6, 6.07) is 13.2. The van der Waals surface area contributed by atoms with Gasteiger partial charge in [0.05, 0.1) is 18.8 Å². The molecule has 0 saturated carbocycles. The van der Waals surface area contributed by atoms with Crippen LogP contribution in [0.3, 0.4) is 0 Å². The molecule has 3 aliphatic rings. The van der Waals surface area contributed by atoms with E-state index < -0.39 is 0 Å². The highest BCUT2D eigenvalue weighted by molar-refractivity contribution is 5.67. The van der Waals surface area contributed by atoms with E-state index in [-0.39, 0.29) is 0 Å². The van der Waals surface area contributed by atoms with Gasteiger partial charge in [-0.2, -0.15) is 5.26 Å². The number of anilines is 2. The topological polar surface area (TPSA) is 67.7 Å². The summed E-state index contributed by atoms with van der Waals surface area (Å²) in [5.74, 6) is 1.89. The maximum atomic E-state index is 10.2. The molecule has 1 aromatic carbocycles. The largest absolute Gasteiger partial charge is 0.379 e. The predicted molar refractivity (Wildman–Crippen MR) is 140 cm³/mol. The molecule has 7 heteroatoms. The standard InChI is InChI=1S/C28H38N6O/c29-20-25-24-10-15-33(21-23-8-3-1-4-9-23)22-26(24)27(31-28(25)34-13-5-2-6-14-34)30-11-7-12-32-16-18-35-19-17-32/h1,3-4,8-9H,2,5-7,10-19,21-22H2,(H,30,31). The normalized spacial score (nSPS) is 19.2. The molecule has 7 nitrogen and oxygen atoms in total. The van der Waals surface area contributed by atoms with Gasteiger partial charge in [-0.1, -0.05) is 30.3 Å². The van der Waals surface area contributed by atoms with Crippen molar-refractivity contribution in [1.29, 1.82) is 5.26 Å². The predicted octanol–water partition coefficient (Wildman–Crippen LogP) is 3.64. The summed E-state index contributed by atoms with van der Waals surface area (Å²) < 4.78 is 5.48. The molecule has 0 bridgehead atoms. The van der Waals surface area contributed by atoms with Gasteiger partial charge < -0.3 is 15.0 Å². The third kappa shape index (κ3) is 5.95. The second kappa shape index (κ2) is 11.9. The number of aromatic nitrogens is 1. The van der Waals surface area contributed by atoms with Crippen molar-refractivity contribution in [3.63, 3.8) is 0 Å².